The Balaban J connectivity index is 3.50. The molecule has 0 aliphatic heterocycles. The van der Waals surface area contributed by atoms with Gasteiger partial charge in [0.25, 0.3) is 0 Å². The first kappa shape index (κ1) is 12.5. The van der Waals surface area contributed by atoms with Gasteiger partial charge in [-0.15, -0.1) is 0 Å². The summed E-state index contributed by atoms with van der Waals surface area (Å²) in [7, 11) is 0. The van der Waals surface area contributed by atoms with E-state index in [9.17, 15) is 9.59 Å². The molecule has 82 valence electrons. The maximum absolute atomic E-state index is 10.9. The highest BCUT2D eigenvalue weighted by atomic mass is 16.7. The molecule has 14 heavy (non-hydrogen) atoms. The standard InChI is InChI=1S/C8H15NO5/c1-8(2,3)14-7(11)13-5-4-12-6(9)10/h4-5H2,1-3H3,(H2,9,10). The van der Waals surface area contributed by atoms with E-state index < -0.39 is 17.8 Å². The van der Waals surface area contributed by atoms with Gasteiger partial charge in [0.05, 0.1) is 0 Å². The van der Waals surface area contributed by atoms with E-state index >= 15 is 0 Å². The quantitative estimate of drug-likeness (QED) is 0.549. The van der Waals surface area contributed by atoms with Crippen molar-refractivity contribution in [2.75, 3.05) is 13.2 Å². The van der Waals surface area contributed by atoms with Gasteiger partial charge in [-0.3, -0.25) is 0 Å². The van der Waals surface area contributed by atoms with Gasteiger partial charge in [-0.25, -0.2) is 9.59 Å². The first-order valence-electron chi connectivity index (χ1n) is 4.09. The Morgan fingerprint density at radius 2 is 1.64 bits per heavy atom. The number of nitrogens with two attached hydrogens (primary N) is 1. The minimum absolute atomic E-state index is 0.0716. The molecule has 0 unspecified atom stereocenters. The van der Waals surface area contributed by atoms with Crippen LogP contribution in [0.15, 0.2) is 0 Å². The maximum atomic E-state index is 10.9. The lowest BCUT2D eigenvalue weighted by Crippen LogP contribution is -2.25. The Hall–Kier alpha value is -1.46. The fraction of sp³-hybridized carbons (Fsp3) is 0.750. The van der Waals surface area contributed by atoms with E-state index in [-0.39, 0.29) is 13.2 Å². The van der Waals surface area contributed by atoms with Crippen molar-refractivity contribution in [1.82, 2.24) is 0 Å². The maximum Gasteiger partial charge on any atom is 0.508 e. The van der Waals surface area contributed by atoms with E-state index in [0.29, 0.717) is 0 Å². The first-order chi connectivity index (χ1) is 6.31. The molecule has 0 heterocycles. The molecule has 0 aromatic carbocycles. The van der Waals surface area contributed by atoms with Gasteiger partial charge in [0.15, 0.2) is 0 Å². The number of hydrogen-bond donors (Lipinski definition) is 1. The predicted octanol–water partition coefficient (Wildman–Crippen LogP) is 1.03. The van der Waals surface area contributed by atoms with Crippen LogP contribution in [0.3, 0.4) is 0 Å². The van der Waals surface area contributed by atoms with Gasteiger partial charge in [-0.2, -0.15) is 0 Å². The van der Waals surface area contributed by atoms with Gasteiger partial charge in [0.2, 0.25) is 0 Å². The van der Waals surface area contributed by atoms with Gasteiger partial charge in [0.1, 0.15) is 18.8 Å². The van der Waals surface area contributed by atoms with Crippen molar-refractivity contribution in [2.24, 2.45) is 5.73 Å². The average Bonchev–Trinajstić information content (AvgIpc) is 1.94. The van der Waals surface area contributed by atoms with Gasteiger partial charge in [-0.1, -0.05) is 0 Å². The summed E-state index contributed by atoms with van der Waals surface area (Å²) < 4.78 is 13.7. The second-order valence-electron chi connectivity index (χ2n) is 3.48. The predicted molar refractivity (Wildman–Crippen MR) is 47.7 cm³/mol. The van der Waals surface area contributed by atoms with Crippen LogP contribution in [-0.2, 0) is 14.2 Å². The van der Waals surface area contributed by atoms with Crippen LogP contribution in [0.25, 0.3) is 0 Å². The molecule has 0 saturated carbocycles. The number of primary amides is 1. The first-order valence-corrected chi connectivity index (χ1v) is 4.09. The van der Waals surface area contributed by atoms with Crippen molar-refractivity contribution in [2.45, 2.75) is 26.4 Å². The molecule has 2 N–H and O–H groups in total. The van der Waals surface area contributed by atoms with Gasteiger partial charge >= 0.3 is 12.2 Å². The zero-order valence-electron chi connectivity index (χ0n) is 8.53. The zero-order chi connectivity index (χ0) is 11.2. The topological polar surface area (TPSA) is 87.8 Å². The lowest BCUT2D eigenvalue weighted by Gasteiger charge is -2.18. The van der Waals surface area contributed by atoms with Crippen LogP contribution in [0.1, 0.15) is 20.8 Å². The number of rotatable bonds is 3. The van der Waals surface area contributed by atoms with E-state index in [0.717, 1.165) is 0 Å². The van der Waals surface area contributed by atoms with Gasteiger partial charge < -0.3 is 19.9 Å². The highest BCUT2D eigenvalue weighted by Crippen LogP contribution is 2.07. The molecule has 0 atom stereocenters. The molecule has 6 nitrogen and oxygen atoms in total. The largest absolute Gasteiger partial charge is 0.508 e. The van der Waals surface area contributed by atoms with Gasteiger partial charge in [0, 0.05) is 0 Å². The average molecular weight is 205 g/mol. The summed E-state index contributed by atoms with van der Waals surface area (Å²) in [5.74, 6) is 0. The molecule has 1 amide bonds. The third-order valence-corrected chi connectivity index (χ3v) is 0.937. The molecule has 0 saturated heterocycles. The zero-order valence-corrected chi connectivity index (χ0v) is 8.53. The summed E-state index contributed by atoms with van der Waals surface area (Å²) in [4.78, 5) is 21.0. The molecule has 0 aliphatic carbocycles. The molecule has 0 spiro atoms. The number of hydrogen-bond acceptors (Lipinski definition) is 5. The summed E-state index contributed by atoms with van der Waals surface area (Å²) in [6.07, 6.45) is -1.71. The van der Waals surface area contributed by atoms with E-state index in [1.165, 1.54) is 0 Å². The summed E-state index contributed by atoms with van der Waals surface area (Å²) in [6.45, 7) is 5.00. The number of ether oxygens (including phenoxy) is 3. The number of carbonyl (C=O) groups is 2. The molecule has 0 rings (SSSR count). The van der Waals surface area contributed by atoms with Crippen molar-refractivity contribution < 1.29 is 23.8 Å². The Morgan fingerprint density at radius 3 is 2.07 bits per heavy atom. The molecule has 0 aromatic heterocycles. The Labute approximate surface area is 82.3 Å². The van der Waals surface area contributed by atoms with Crippen LogP contribution in [0.2, 0.25) is 0 Å². The minimum Gasteiger partial charge on any atom is -0.446 e. The van der Waals surface area contributed by atoms with E-state index in [1.807, 2.05) is 0 Å². The fourth-order valence-corrected chi connectivity index (χ4v) is 0.547. The lowest BCUT2D eigenvalue weighted by molar-refractivity contribution is -0.0136. The van der Waals surface area contributed by atoms with Crippen molar-refractivity contribution in [3.63, 3.8) is 0 Å². The lowest BCUT2D eigenvalue weighted by atomic mass is 10.2. The molecule has 0 radical (unpaired) electrons. The SMILES string of the molecule is CC(C)(C)OC(=O)OCCOC(N)=O. The van der Waals surface area contributed by atoms with Gasteiger partial charge in [-0.05, 0) is 20.8 Å². The number of carbonyl (C=O) groups excluding carboxylic acids is 2. The Bertz CT molecular complexity index is 208. The van der Waals surface area contributed by atoms with Crippen LogP contribution in [-0.4, -0.2) is 31.1 Å². The molecule has 0 fully saturated rings. The molecule has 0 aromatic rings. The third kappa shape index (κ3) is 8.63. The normalized spacial score (nSPS) is 10.5. The third-order valence-electron chi connectivity index (χ3n) is 0.937. The Kier molecular flexibility index (Phi) is 4.76. The molecular weight excluding hydrogens is 190 g/mol. The van der Waals surface area contributed by atoms with Crippen LogP contribution in [0, 0.1) is 0 Å². The molecule has 0 aliphatic rings. The summed E-state index contributed by atoms with van der Waals surface area (Å²) in [5.41, 5.74) is 4.08. The van der Waals surface area contributed by atoms with E-state index in [4.69, 9.17) is 4.74 Å². The van der Waals surface area contributed by atoms with Crippen LogP contribution >= 0.6 is 0 Å². The van der Waals surface area contributed by atoms with Crippen molar-refractivity contribution in [1.29, 1.82) is 0 Å². The van der Waals surface area contributed by atoms with Crippen molar-refractivity contribution in [3.05, 3.63) is 0 Å². The summed E-state index contributed by atoms with van der Waals surface area (Å²) >= 11 is 0. The molecule has 0 bridgehead atoms. The second kappa shape index (κ2) is 5.31. The fourth-order valence-electron chi connectivity index (χ4n) is 0.547. The second-order valence-corrected chi connectivity index (χ2v) is 3.48. The van der Waals surface area contributed by atoms with Crippen molar-refractivity contribution >= 4 is 12.2 Å². The van der Waals surface area contributed by atoms with Crippen LogP contribution < -0.4 is 5.73 Å². The highest BCUT2D eigenvalue weighted by molar-refractivity contribution is 5.64. The number of amides is 1. The summed E-state index contributed by atoms with van der Waals surface area (Å²) in [5, 5.41) is 0. The Morgan fingerprint density at radius 1 is 1.14 bits per heavy atom. The summed E-state index contributed by atoms with van der Waals surface area (Å²) in [6, 6.07) is 0. The smallest absolute Gasteiger partial charge is 0.446 e. The van der Waals surface area contributed by atoms with Crippen LogP contribution in [0.5, 0.6) is 0 Å². The van der Waals surface area contributed by atoms with E-state index in [1.54, 1.807) is 20.8 Å². The van der Waals surface area contributed by atoms with E-state index in [2.05, 4.69) is 15.2 Å². The molecule has 6 heteroatoms. The highest BCUT2D eigenvalue weighted by Gasteiger charge is 2.17. The molecular formula is C8H15NO5. The van der Waals surface area contributed by atoms with Crippen molar-refractivity contribution in [3.8, 4) is 0 Å². The monoisotopic (exact) mass is 205 g/mol. The van der Waals surface area contributed by atoms with Crippen LogP contribution in [0.4, 0.5) is 9.59 Å². The minimum atomic E-state index is -0.905.